The molecule has 0 radical (unpaired) electrons. The Kier molecular flexibility index (Phi) is 10.7. The lowest BCUT2D eigenvalue weighted by molar-refractivity contribution is -0.119. The van der Waals surface area contributed by atoms with Crippen molar-refractivity contribution >= 4 is 29.1 Å². The first-order valence-corrected chi connectivity index (χ1v) is 16.7. The second kappa shape index (κ2) is 15.1. The average Bonchev–Trinajstić information content (AvgIpc) is 3.51. The number of piperidine rings is 1. The molecule has 0 saturated carbocycles. The highest BCUT2D eigenvalue weighted by molar-refractivity contribution is 6.39. The second-order valence-corrected chi connectivity index (χ2v) is 12.8. The number of amides is 1. The molecule has 2 aliphatic rings. The smallest absolute Gasteiger partial charge is 0.237 e. The van der Waals surface area contributed by atoms with Crippen LogP contribution < -0.4 is 14.8 Å². The minimum atomic E-state index is -1.30. The number of methoxy groups -OCH3 is 2. The summed E-state index contributed by atoms with van der Waals surface area (Å²) in [5.41, 5.74) is 5.10. The first kappa shape index (κ1) is 34.0. The number of aromatic nitrogens is 4. The lowest BCUT2D eigenvalue weighted by Crippen LogP contribution is -2.44. The zero-order chi connectivity index (χ0) is 33.8. The van der Waals surface area contributed by atoms with Crippen LogP contribution in [-0.4, -0.2) is 81.5 Å². The maximum atomic E-state index is 14.1. The fourth-order valence-electron chi connectivity index (χ4n) is 6.26. The number of hydrogen-bond donors (Lipinski definition) is 2. The van der Waals surface area contributed by atoms with Crippen LogP contribution in [0.4, 0.5) is 4.39 Å². The van der Waals surface area contributed by atoms with Crippen LogP contribution in [0, 0.1) is 0 Å². The van der Waals surface area contributed by atoms with Gasteiger partial charge in [0.05, 0.1) is 54.2 Å². The molecule has 2 aromatic heterocycles. The summed E-state index contributed by atoms with van der Waals surface area (Å²) in [6.07, 6.45) is 5.29. The van der Waals surface area contributed by atoms with E-state index >= 15 is 0 Å². The molecule has 4 heterocycles. The van der Waals surface area contributed by atoms with E-state index in [-0.39, 0.29) is 18.5 Å². The largest absolute Gasteiger partial charge is 0.480 e. The first-order valence-electron chi connectivity index (χ1n) is 16.0. The SMILES string of the molecule is COc1nc(-c2cccc(-c3cccc(-c4cnc(CN5CC[C@@H](O)[C@H](F)C5)c(OC)n4)c3Cl)c2Cl)cnc1CCC[C@@H]1CCC(=O)N1. The van der Waals surface area contributed by atoms with Gasteiger partial charge in [-0.2, -0.15) is 0 Å². The number of aliphatic hydroxyl groups excluding tert-OH is 1. The molecule has 2 fully saturated rings. The molecule has 6 rings (SSSR count). The summed E-state index contributed by atoms with van der Waals surface area (Å²) in [4.78, 5) is 32.1. The van der Waals surface area contributed by atoms with Crippen LogP contribution in [0.3, 0.4) is 0 Å². The van der Waals surface area contributed by atoms with E-state index in [9.17, 15) is 14.3 Å². The van der Waals surface area contributed by atoms with Gasteiger partial charge in [-0.15, -0.1) is 0 Å². The van der Waals surface area contributed by atoms with Gasteiger partial charge >= 0.3 is 0 Å². The molecule has 2 N–H and O–H groups in total. The van der Waals surface area contributed by atoms with E-state index in [0.29, 0.717) is 93.5 Å². The molecule has 10 nitrogen and oxygen atoms in total. The summed E-state index contributed by atoms with van der Waals surface area (Å²) in [6.45, 7) is 1.01. The van der Waals surface area contributed by atoms with E-state index in [1.54, 1.807) is 19.5 Å². The van der Waals surface area contributed by atoms with Gasteiger partial charge in [0.25, 0.3) is 0 Å². The van der Waals surface area contributed by atoms with Gasteiger partial charge in [-0.1, -0.05) is 59.6 Å². The van der Waals surface area contributed by atoms with Gasteiger partial charge in [0.1, 0.15) is 17.6 Å². The van der Waals surface area contributed by atoms with Crippen LogP contribution in [0.15, 0.2) is 48.8 Å². The van der Waals surface area contributed by atoms with Crippen LogP contribution in [0.5, 0.6) is 11.8 Å². The predicted molar refractivity (Wildman–Crippen MR) is 182 cm³/mol. The first-order chi connectivity index (χ1) is 23.2. The summed E-state index contributed by atoms with van der Waals surface area (Å²) >= 11 is 14.1. The Morgan fingerprint density at radius 1 is 0.917 bits per heavy atom. The van der Waals surface area contributed by atoms with Gasteiger partial charge in [-0.25, -0.2) is 14.4 Å². The van der Waals surface area contributed by atoms with Crippen molar-refractivity contribution in [2.45, 2.75) is 63.4 Å². The van der Waals surface area contributed by atoms with E-state index in [1.165, 1.54) is 7.11 Å². The summed E-state index contributed by atoms with van der Waals surface area (Å²) in [6, 6.07) is 11.5. The molecule has 4 aromatic rings. The van der Waals surface area contributed by atoms with Crippen LogP contribution >= 0.6 is 23.2 Å². The lowest BCUT2D eigenvalue weighted by Gasteiger charge is -2.31. The van der Waals surface area contributed by atoms with Gasteiger partial charge in [0, 0.05) is 54.4 Å². The van der Waals surface area contributed by atoms with E-state index in [0.717, 1.165) is 25.0 Å². The van der Waals surface area contributed by atoms with Crippen molar-refractivity contribution in [1.29, 1.82) is 0 Å². The third kappa shape index (κ3) is 7.39. The molecule has 1 amide bonds. The molecule has 0 spiro atoms. The summed E-state index contributed by atoms with van der Waals surface area (Å²) in [5.74, 6) is 0.863. The highest BCUT2D eigenvalue weighted by atomic mass is 35.5. The summed E-state index contributed by atoms with van der Waals surface area (Å²) < 4.78 is 25.3. The average molecular weight is 696 g/mol. The van der Waals surface area contributed by atoms with Gasteiger partial charge in [0.2, 0.25) is 17.7 Å². The molecule has 2 saturated heterocycles. The molecule has 0 aliphatic carbocycles. The van der Waals surface area contributed by atoms with Crippen molar-refractivity contribution < 1.29 is 23.8 Å². The molecule has 13 heteroatoms. The van der Waals surface area contributed by atoms with Gasteiger partial charge in [0.15, 0.2) is 0 Å². The van der Waals surface area contributed by atoms with Crippen molar-refractivity contribution in [3.05, 3.63) is 70.2 Å². The molecular weight excluding hydrogens is 658 g/mol. The Labute approximate surface area is 288 Å². The Morgan fingerprint density at radius 2 is 1.50 bits per heavy atom. The minimum absolute atomic E-state index is 0.114. The number of alkyl halides is 1. The number of halogens is 3. The number of carbonyl (C=O) groups excluding carboxylic acids is 1. The van der Waals surface area contributed by atoms with Crippen LogP contribution in [-0.2, 0) is 17.8 Å². The normalized spacial score (nSPS) is 19.7. The van der Waals surface area contributed by atoms with E-state index in [2.05, 4.69) is 15.3 Å². The summed E-state index contributed by atoms with van der Waals surface area (Å²) in [7, 11) is 3.08. The van der Waals surface area contributed by atoms with Gasteiger partial charge in [-0.3, -0.25) is 19.7 Å². The zero-order valence-corrected chi connectivity index (χ0v) is 28.3. The van der Waals surface area contributed by atoms with Crippen molar-refractivity contribution in [2.75, 3.05) is 27.3 Å². The Bertz CT molecular complexity index is 1800. The molecule has 48 heavy (non-hydrogen) atoms. The monoisotopic (exact) mass is 694 g/mol. The zero-order valence-electron chi connectivity index (χ0n) is 26.8. The third-order valence-corrected chi connectivity index (χ3v) is 9.68. The van der Waals surface area contributed by atoms with E-state index in [1.807, 2.05) is 41.3 Å². The van der Waals surface area contributed by atoms with E-state index < -0.39 is 12.3 Å². The van der Waals surface area contributed by atoms with Crippen molar-refractivity contribution in [3.63, 3.8) is 0 Å². The second-order valence-electron chi connectivity index (χ2n) is 12.1. The van der Waals surface area contributed by atoms with Crippen molar-refractivity contribution in [1.82, 2.24) is 30.2 Å². The fraction of sp³-hybridized carbons (Fsp3) is 0.400. The highest BCUT2D eigenvalue weighted by Crippen LogP contribution is 2.42. The number of carbonyl (C=O) groups is 1. The number of rotatable bonds is 11. The molecular formula is C35H37Cl2FN6O4. The molecule has 2 aromatic carbocycles. The van der Waals surface area contributed by atoms with E-state index in [4.69, 9.17) is 42.6 Å². The quantitative estimate of drug-likeness (QED) is 0.192. The summed E-state index contributed by atoms with van der Waals surface area (Å²) in [5, 5.41) is 13.6. The highest BCUT2D eigenvalue weighted by Gasteiger charge is 2.28. The van der Waals surface area contributed by atoms with Crippen LogP contribution in [0.25, 0.3) is 33.6 Å². The van der Waals surface area contributed by atoms with Crippen LogP contribution in [0.1, 0.15) is 43.5 Å². The number of benzene rings is 2. The topological polar surface area (TPSA) is 123 Å². The maximum Gasteiger partial charge on any atom is 0.237 e. The number of likely N-dealkylation sites (tertiary alicyclic amines) is 1. The van der Waals surface area contributed by atoms with Gasteiger partial charge in [-0.05, 0) is 32.1 Å². The molecule has 252 valence electrons. The fourth-order valence-corrected chi connectivity index (χ4v) is 6.91. The van der Waals surface area contributed by atoms with Gasteiger partial charge < -0.3 is 19.9 Å². The number of hydrogen-bond acceptors (Lipinski definition) is 9. The minimum Gasteiger partial charge on any atom is -0.480 e. The number of nitrogens with one attached hydrogen (secondary N) is 1. The van der Waals surface area contributed by atoms with Crippen molar-refractivity contribution in [2.24, 2.45) is 0 Å². The molecule has 0 bridgehead atoms. The predicted octanol–water partition coefficient (Wildman–Crippen LogP) is 6.10. The van der Waals surface area contributed by atoms with Crippen molar-refractivity contribution in [3.8, 4) is 45.4 Å². The lowest BCUT2D eigenvalue weighted by atomic mass is 9.98. The van der Waals surface area contributed by atoms with Crippen LogP contribution in [0.2, 0.25) is 10.0 Å². The maximum absolute atomic E-state index is 14.1. The Morgan fingerprint density at radius 3 is 2.06 bits per heavy atom. The Balaban J connectivity index is 1.23. The molecule has 2 aliphatic heterocycles. The molecule has 3 atom stereocenters. The number of ether oxygens (including phenoxy) is 2. The standard InChI is InChI=1S/C35H37Cl2FN6O4/c1-47-34-26(11-3-6-20-12-13-31(46)41-20)39-16-27(42-34)23-9-4-7-21(32(23)36)22-8-5-10-24(33(22)37)28-17-40-29(35(43-28)48-2)19-44-15-14-30(45)25(38)18-44/h4-5,7-10,16-17,20,25,30,45H,3,6,11-15,18-19H2,1-2H3,(H,41,46)/t20-,25-,30-/m1/s1. The number of aliphatic hydroxyl groups is 1. The molecule has 0 unspecified atom stereocenters. The third-order valence-electron chi connectivity index (χ3n) is 8.87. The Hall–Kier alpha value is -3.90. The number of aryl methyl sites for hydroxylation is 1. The number of nitrogens with zero attached hydrogens (tertiary/aromatic N) is 5.